The molecule has 0 saturated carbocycles. The molecule has 0 aliphatic rings. The first kappa shape index (κ1) is 27.2. The molecule has 0 aliphatic carbocycles. The molecule has 0 bridgehead atoms. The molecule has 1 heteroatoms. The number of nitrogens with zero attached hydrogens (tertiary/aromatic N) is 1. The summed E-state index contributed by atoms with van der Waals surface area (Å²) in [4.78, 5) is 2.43. The fraction of sp³-hybridized carbons (Fsp3) is 0. The first-order chi connectivity index (χ1) is 23.3. The van der Waals surface area contributed by atoms with E-state index in [-0.39, 0.29) is 0 Å². The molecule has 9 aromatic carbocycles. The van der Waals surface area contributed by atoms with Gasteiger partial charge in [0.15, 0.2) is 0 Å². The summed E-state index contributed by atoms with van der Waals surface area (Å²) in [6.45, 7) is 0. The maximum atomic E-state index is 2.43. The predicted molar refractivity (Wildman–Crippen MR) is 202 cm³/mol. The quantitative estimate of drug-likeness (QED) is 0.178. The summed E-state index contributed by atoms with van der Waals surface area (Å²) >= 11 is 0. The fourth-order valence-electron chi connectivity index (χ4n) is 7.21. The van der Waals surface area contributed by atoms with Crippen LogP contribution in [-0.4, -0.2) is 0 Å². The fourth-order valence-corrected chi connectivity index (χ4v) is 7.21. The Balaban J connectivity index is 1.31. The minimum atomic E-state index is 1.11. The molecule has 0 aliphatic heterocycles. The molecule has 9 aromatic rings. The smallest absolute Gasteiger partial charge is 0.0540 e. The minimum Gasteiger partial charge on any atom is -0.310 e. The van der Waals surface area contributed by atoms with Crippen LogP contribution < -0.4 is 4.90 Å². The van der Waals surface area contributed by atoms with Crippen LogP contribution in [0.5, 0.6) is 0 Å². The molecule has 47 heavy (non-hydrogen) atoms. The highest BCUT2D eigenvalue weighted by Crippen LogP contribution is 2.45. The van der Waals surface area contributed by atoms with Gasteiger partial charge in [-0.25, -0.2) is 0 Å². The first-order valence-corrected chi connectivity index (χ1v) is 16.2. The lowest BCUT2D eigenvalue weighted by Crippen LogP contribution is -2.11. The van der Waals surface area contributed by atoms with Gasteiger partial charge in [-0.1, -0.05) is 152 Å². The lowest BCUT2D eigenvalue weighted by atomic mass is 9.92. The van der Waals surface area contributed by atoms with Crippen molar-refractivity contribution in [1.82, 2.24) is 0 Å². The van der Waals surface area contributed by atoms with E-state index in [2.05, 4.69) is 193 Å². The minimum absolute atomic E-state index is 1.11. The maximum Gasteiger partial charge on any atom is 0.0540 e. The normalized spacial score (nSPS) is 11.4. The Kier molecular flexibility index (Phi) is 6.54. The van der Waals surface area contributed by atoms with E-state index in [1.54, 1.807) is 0 Å². The molecule has 220 valence electrons. The van der Waals surface area contributed by atoms with Crippen molar-refractivity contribution in [3.8, 4) is 22.3 Å². The SMILES string of the molecule is c1cc(-c2cccc3ccccc23)cc(N(c2ccc3ccccc3c2)c2ccccc2-c2cc3ccccc3c3ccccc23)c1. The molecule has 0 heterocycles. The molecular weight excluding hydrogens is 567 g/mol. The summed E-state index contributed by atoms with van der Waals surface area (Å²) < 4.78 is 0. The van der Waals surface area contributed by atoms with Crippen LogP contribution in [0.15, 0.2) is 188 Å². The van der Waals surface area contributed by atoms with Crippen molar-refractivity contribution < 1.29 is 0 Å². The molecule has 0 saturated heterocycles. The van der Waals surface area contributed by atoms with E-state index in [1.165, 1.54) is 65.3 Å². The molecule has 0 fully saturated rings. The van der Waals surface area contributed by atoms with Gasteiger partial charge >= 0.3 is 0 Å². The van der Waals surface area contributed by atoms with E-state index in [9.17, 15) is 0 Å². The highest BCUT2D eigenvalue weighted by molar-refractivity contribution is 6.15. The highest BCUT2D eigenvalue weighted by atomic mass is 15.1. The van der Waals surface area contributed by atoms with Gasteiger partial charge in [0.25, 0.3) is 0 Å². The number of hydrogen-bond donors (Lipinski definition) is 0. The monoisotopic (exact) mass is 597 g/mol. The Morgan fingerprint density at radius 2 is 0.872 bits per heavy atom. The van der Waals surface area contributed by atoms with Gasteiger partial charge in [0.05, 0.1) is 5.69 Å². The largest absolute Gasteiger partial charge is 0.310 e. The topological polar surface area (TPSA) is 3.24 Å². The Bertz CT molecular complexity index is 2590. The van der Waals surface area contributed by atoms with Gasteiger partial charge in [-0.2, -0.15) is 0 Å². The summed E-state index contributed by atoms with van der Waals surface area (Å²) in [6.07, 6.45) is 0. The van der Waals surface area contributed by atoms with Crippen molar-refractivity contribution >= 4 is 60.2 Å². The molecular formula is C46H31N. The lowest BCUT2D eigenvalue weighted by Gasteiger charge is -2.29. The number of anilines is 3. The molecule has 0 N–H and O–H groups in total. The van der Waals surface area contributed by atoms with Crippen molar-refractivity contribution in [3.63, 3.8) is 0 Å². The van der Waals surface area contributed by atoms with Crippen molar-refractivity contribution in [2.45, 2.75) is 0 Å². The van der Waals surface area contributed by atoms with Gasteiger partial charge in [-0.3, -0.25) is 0 Å². The van der Waals surface area contributed by atoms with Crippen molar-refractivity contribution in [2.75, 3.05) is 4.90 Å². The van der Waals surface area contributed by atoms with E-state index < -0.39 is 0 Å². The van der Waals surface area contributed by atoms with E-state index in [0.717, 1.165) is 17.1 Å². The van der Waals surface area contributed by atoms with Gasteiger partial charge in [-0.05, 0) is 96.2 Å². The average molecular weight is 598 g/mol. The van der Waals surface area contributed by atoms with E-state index >= 15 is 0 Å². The summed E-state index contributed by atoms with van der Waals surface area (Å²) in [5.41, 5.74) is 8.22. The van der Waals surface area contributed by atoms with Gasteiger partial charge in [-0.15, -0.1) is 0 Å². The van der Waals surface area contributed by atoms with E-state index in [4.69, 9.17) is 0 Å². The third-order valence-electron chi connectivity index (χ3n) is 9.40. The number of hydrogen-bond acceptors (Lipinski definition) is 1. The molecule has 1 nitrogen and oxygen atoms in total. The number of fused-ring (bicyclic) bond motifs is 5. The second-order valence-corrected chi connectivity index (χ2v) is 12.2. The summed E-state index contributed by atoms with van der Waals surface area (Å²) in [5.74, 6) is 0. The van der Waals surface area contributed by atoms with Crippen LogP contribution in [0.4, 0.5) is 17.1 Å². The molecule has 0 aromatic heterocycles. The van der Waals surface area contributed by atoms with E-state index in [1.807, 2.05) is 0 Å². The third kappa shape index (κ3) is 4.72. The number of rotatable bonds is 5. The molecule has 0 radical (unpaired) electrons. The van der Waals surface area contributed by atoms with Crippen LogP contribution in [-0.2, 0) is 0 Å². The Labute approximate surface area is 274 Å². The summed E-state index contributed by atoms with van der Waals surface area (Å²) in [6, 6.07) is 68.4. The van der Waals surface area contributed by atoms with Crippen molar-refractivity contribution in [2.24, 2.45) is 0 Å². The number of para-hydroxylation sites is 1. The van der Waals surface area contributed by atoms with Crippen molar-refractivity contribution in [1.29, 1.82) is 0 Å². The molecule has 0 atom stereocenters. The van der Waals surface area contributed by atoms with Crippen LogP contribution in [0.1, 0.15) is 0 Å². The maximum absolute atomic E-state index is 2.43. The van der Waals surface area contributed by atoms with Gasteiger partial charge in [0, 0.05) is 16.9 Å². The standard InChI is InChI=1S/C46H31N/c1-2-15-34-29-38(28-27-32(34)13-1)47(37-19-11-18-35(30-37)40-25-12-17-33-14-3-5-20-39(33)40)46-26-10-9-24-44(46)45-31-36-16-4-6-21-41(36)42-22-7-8-23-43(42)45/h1-31H. The van der Waals surface area contributed by atoms with Crippen molar-refractivity contribution in [3.05, 3.63) is 188 Å². The highest BCUT2D eigenvalue weighted by Gasteiger charge is 2.20. The van der Waals surface area contributed by atoms with Gasteiger partial charge < -0.3 is 4.90 Å². The van der Waals surface area contributed by atoms with Crippen LogP contribution in [0.25, 0.3) is 65.3 Å². The summed E-state index contributed by atoms with van der Waals surface area (Å²) in [7, 11) is 0. The first-order valence-electron chi connectivity index (χ1n) is 16.2. The van der Waals surface area contributed by atoms with Gasteiger partial charge in [0.1, 0.15) is 0 Å². The van der Waals surface area contributed by atoms with Gasteiger partial charge in [0.2, 0.25) is 0 Å². The van der Waals surface area contributed by atoms with Crippen LogP contribution in [0.3, 0.4) is 0 Å². The molecule has 0 unspecified atom stereocenters. The second-order valence-electron chi connectivity index (χ2n) is 12.2. The zero-order valence-electron chi connectivity index (χ0n) is 25.8. The van der Waals surface area contributed by atoms with E-state index in [0.29, 0.717) is 0 Å². The van der Waals surface area contributed by atoms with Crippen LogP contribution in [0, 0.1) is 0 Å². The molecule has 0 amide bonds. The average Bonchev–Trinajstić information content (AvgIpc) is 3.15. The van der Waals surface area contributed by atoms with Crippen LogP contribution >= 0.6 is 0 Å². The zero-order chi connectivity index (χ0) is 31.2. The van der Waals surface area contributed by atoms with Crippen LogP contribution in [0.2, 0.25) is 0 Å². The third-order valence-corrected chi connectivity index (χ3v) is 9.40. The predicted octanol–water partition coefficient (Wildman–Crippen LogP) is 13.1. The second kappa shape index (κ2) is 11.3. The Hall–Kier alpha value is -6.18. The molecule has 9 rings (SSSR count). The summed E-state index contributed by atoms with van der Waals surface area (Å²) in [5, 5.41) is 9.99. The number of benzene rings is 9. The lowest BCUT2D eigenvalue weighted by molar-refractivity contribution is 1.29. The molecule has 0 spiro atoms. The zero-order valence-corrected chi connectivity index (χ0v) is 25.8. The Morgan fingerprint density at radius 3 is 1.74 bits per heavy atom. The Morgan fingerprint density at radius 1 is 0.277 bits per heavy atom.